The molecule has 5 rings (SSSR count). The summed E-state index contributed by atoms with van der Waals surface area (Å²) in [7, 11) is 0. The van der Waals surface area contributed by atoms with Crippen LogP contribution in [0, 0.1) is 0 Å². The number of phenols is 1. The van der Waals surface area contributed by atoms with Gasteiger partial charge in [-0.3, -0.25) is 5.10 Å². The molecule has 1 aliphatic heterocycles. The summed E-state index contributed by atoms with van der Waals surface area (Å²) in [5.74, 6) is 0.0652. The second-order valence-electron chi connectivity index (χ2n) is 9.60. The average molecular weight is 436 g/mol. The van der Waals surface area contributed by atoms with Crippen molar-refractivity contribution >= 4 is 11.2 Å². The Balaban J connectivity index is 1.51. The van der Waals surface area contributed by atoms with Crippen LogP contribution in [0.4, 0.5) is 4.39 Å². The Morgan fingerprint density at radius 2 is 1.91 bits per heavy atom. The van der Waals surface area contributed by atoms with Crippen molar-refractivity contribution < 1.29 is 9.50 Å². The molecule has 1 saturated heterocycles. The van der Waals surface area contributed by atoms with E-state index in [0.29, 0.717) is 28.8 Å². The fourth-order valence-corrected chi connectivity index (χ4v) is 4.75. The Hall–Kier alpha value is -3.40. The van der Waals surface area contributed by atoms with Crippen molar-refractivity contribution in [1.29, 1.82) is 0 Å². The molecule has 1 fully saturated rings. The summed E-state index contributed by atoms with van der Waals surface area (Å²) >= 11 is 0. The first-order valence-corrected chi connectivity index (χ1v) is 10.5. The van der Waals surface area contributed by atoms with Crippen molar-refractivity contribution in [1.82, 2.24) is 40.7 Å². The molecule has 0 spiro atoms. The second kappa shape index (κ2) is 7.06. The molecule has 1 aromatic carbocycles. The highest BCUT2D eigenvalue weighted by Gasteiger charge is 2.48. The van der Waals surface area contributed by atoms with Gasteiger partial charge in [0.25, 0.3) is 0 Å². The molecule has 166 valence electrons. The average Bonchev–Trinajstić information content (AvgIpc) is 3.39. The highest BCUT2D eigenvalue weighted by molar-refractivity contribution is 5.79. The van der Waals surface area contributed by atoms with Crippen molar-refractivity contribution in [2.45, 2.75) is 57.4 Å². The number of hydrogen-bond acceptors (Lipinski definition) is 7. The van der Waals surface area contributed by atoms with E-state index in [2.05, 4.69) is 36.0 Å². The number of aromatic nitrogens is 7. The molecule has 0 amide bonds. The standard InChI is InChI=1S/C22H25FN8O/c1-21(2)9-17(19(23)22(3,4)29-21)31-20-16(27-30-31)8-15(26-28-20)14-6-5-12(7-18(14)32)13-10-24-25-11-13/h5-8,10-11,17,19,29,32H,9H2,1-4H3,(H,24,25). The molecule has 3 N–H and O–H groups in total. The summed E-state index contributed by atoms with van der Waals surface area (Å²) in [5.41, 5.74) is 2.59. The van der Waals surface area contributed by atoms with Gasteiger partial charge in [0.1, 0.15) is 17.4 Å². The van der Waals surface area contributed by atoms with Crippen LogP contribution in [-0.4, -0.2) is 57.7 Å². The van der Waals surface area contributed by atoms with E-state index in [1.807, 2.05) is 33.8 Å². The summed E-state index contributed by atoms with van der Waals surface area (Å²) in [5, 5.41) is 37.7. The van der Waals surface area contributed by atoms with Gasteiger partial charge < -0.3 is 10.4 Å². The van der Waals surface area contributed by atoms with E-state index >= 15 is 4.39 Å². The first-order valence-electron chi connectivity index (χ1n) is 10.5. The summed E-state index contributed by atoms with van der Waals surface area (Å²) in [6, 6.07) is 6.48. The fraction of sp³-hybridized carbons (Fsp3) is 0.409. The van der Waals surface area contributed by atoms with Crippen molar-refractivity contribution in [3.05, 3.63) is 36.7 Å². The quantitative estimate of drug-likeness (QED) is 0.450. The number of phenolic OH excluding ortho intramolecular Hbond substituents is 1. The number of halogens is 1. The van der Waals surface area contributed by atoms with Gasteiger partial charge in [0.2, 0.25) is 5.65 Å². The molecule has 4 aromatic rings. The zero-order valence-electron chi connectivity index (χ0n) is 18.3. The van der Waals surface area contributed by atoms with Gasteiger partial charge in [-0.25, -0.2) is 9.07 Å². The van der Waals surface area contributed by atoms with Crippen LogP contribution in [0.2, 0.25) is 0 Å². The number of alkyl halides is 1. The maximum absolute atomic E-state index is 15.4. The van der Waals surface area contributed by atoms with Crippen LogP contribution >= 0.6 is 0 Å². The lowest BCUT2D eigenvalue weighted by atomic mass is 9.78. The first kappa shape index (κ1) is 20.5. The van der Waals surface area contributed by atoms with Crippen LogP contribution in [0.1, 0.15) is 40.2 Å². The Bertz CT molecular complexity index is 1280. The minimum Gasteiger partial charge on any atom is -0.507 e. The Morgan fingerprint density at radius 1 is 1.09 bits per heavy atom. The molecule has 1 aliphatic rings. The van der Waals surface area contributed by atoms with Gasteiger partial charge in [-0.2, -0.15) is 5.10 Å². The van der Waals surface area contributed by atoms with E-state index < -0.39 is 17.8 Å². The molecule has 10 heteroatoms. The van der Waals surface area contributed by atoms with Gasteiger partial charge in [0.05, 0.1) is 17.9 Å². The number of nitrogens with zero attached hydrogens (tertiary/aromatic N) is 6. The number of aromatic amines is 1. The van der Waals surface area contributed by atoms with Crippen molar-refractivity contribution in [2.24, 2.45) is 0 Å². The number of rotatable bonds is 3. The molecule has 2 atom stereocenters. The number of nitrogens with one attached hydrogen (secondary N) is 2. The minimum atomic E-state index is -1.18. The molecule has 0 radical (unpaired) electrons. The Labute approximate surface area is 184 Å². The van der Waals surface area contributed by atoms with E-state index in [0.717, 1.165) is 11.1 Å². The van der Waals surface area contributed by atoms with Gasteiger partial charge >= 0.3 is 0 Å². The van der Waals surface area contributed by atoms with Crippen LogP contribution in [-0.2, 0) is 0 Å². The van der Waals surface area contributed by atoms with Crippen LogP contribution in [0.15, 0.2) is 36.7 Å². The van der Waals surface area contributed by atoms with Crippen LogP contribution in [0.5, 0.6) is 5.75 Å². The molecule has 32 heavy (non-hydrogen) atoms. The first-order chi connectivity index (χ1) is 15.1. The van der Waals surface area contributed by atoms with E-state index in [4.69, 9.17) is 0 Å². The van der Waals surface area contributed by atoms with Gasteiger partial charge in [-0.15, -0.1) is 15.3 Å². The topological polar surface area (TPSA) is 117 Å². The highest BCUT2D eigenvalue weighted by Crippen LogP contribution is 2.39. The molecular weight excluding hydrogens is 411 g/mol. The summed E-state index contributed by atoms with van der Waals surface area (Å²) in [6.07, 6.45) is 2.79. The fourth-order valence-electron chi connectivity index (χ4n) is 4.75. The zero-order valence-corrected chi connectivity index (χ0v) is 18.3. The smallest absolute Gasteiger partial charge is 0.201 e. The zero-order chi connectivity index (χ0) is 22.7. The maximum atomic E-state index is 15.4. The van der Waals surface area contributed by atoms with Crippen molar-refractivity contribution in [2.75, 3.05) is 0 Å². The Kier molecular flexibility index (Phi) is 4.52. The number of aromatic hydroxyl groups is 1. The lowest BCUT2D eigenvalue weighted by Crippen LogP contribution is -2.64. The minimum absolute atomic E-state index is 0.0652. The third-order valence-electron chi connectivity index (χ3n) is 6.05. The number of piperidine rings is 1. The summed E-state index contributed by atoms with van der Waals surface area (Å²) in [6.45, 7) is 7.80. The van der Waals surface area contributed by atoms with E-state index in [1.165, 1.54) is 0 Å². The van der Waals surface area contributed by atoms with Crippen molar-refractivity contribution in [3.63, 3.8) is 0 Å². The second-order valence-corrected chi connectivity index (χ2v) is 9.60. The number of H-pyrrole nitrogens is 1. The van der Waals surface area contributed by atoms with Gasteiger partial charge in [0, 0.05) is 28.4 Å². The number of fused-ring (bicyclic) bond motifs is 1. The maximum Gasteiger partial charge on any atom is 0.201 e. The monoisotopic (exact) mass is 436 g/mol. The van der Waals surface area contributed by atoms with Crippen molar-refractivity contribution in [3.8, 4) is 28.1 Å². The lowest BCUT2D eigenvalue weighted by molar-refractivity contribution is 0.0257. The van der Waals surface area contributed by atoms with Gasteiger partial charge in [-0.1, -0.05) is 11.3 Å². The molecule has 9 nitrogen and oxygen atoms in total. The van der Waals surface area contributed by atoms with Gasteiger partial charge in [0.15, 0.2) is 0 Å². The van der Waals surface area contributed by atoms with E-state index in [-0.39, 0.29) is 11.3 Å². The third-order valence-corrected chi connectivity index (χ3v) is 6.05. The molecule has 0 bridgehead atoms. The Morgan fingerprint density at radius 3 is 2.62 bits per heavy atom. The lowest BCUT2D eigenvalue weighted by Gasteiger charge is -2.48. The number of hydrogen-bond donors (Lipinski definition) is 3. The van der Waals surface area contributed by atoms with E-state index in [1.54, 1.807) is 35.3 Å². The predicted molar refractivity (Wildman–Crippen MR) is 118 cm³/mol. The molecule has 4 heterocycles. The van der Waals surface area contributed by atoms with Crippen LogP contribution < -0.4 is 5.32 Å². The number of benzene rings is 1. The van der Waals surface area contributed by atoms with E-state index in [9.17, 15) is 5.11 Å². The normalized spacial score (nSPS) is 22.3. The molecule has 0 saturated carbocycles. The summed E-state index contributed by atoms with van der Waals surface area (Å²) in [4.78, 5) is 0. The van der Waals surface area contributed by atoms with Gasteiger partial charge in [-0.05, 0) is 57.9 Å². The molecule has 2 unspecified atom stereocenters. The third kappa shape index (κ3) is 3.40. The molecule has 0 aliphatic carbocycles. The highest BCUT2D eigenvalue weighted by atomic mass is 19.1. The summed E-state index contributed by atoms with van der Waals surface area (Å²) < 4.78 is 16.9. The molecule has 3 aromatic heterocycles. The van der Waals surface area contributed by atoms with Crippen LogP contribution in [0.25, 0.3) is 33.5 Å². The van der Waals surface area contributed by atoms with Crippen LogP contribution in [0.3, 0.4) is 0 Å². The molecular formula is C22H25FN8O. The SMILES string of the molecule is CC1(C)CC(n2nnc3cc(-c4ccc(-c5cn[nH]c5)cc4O)nnc32)C(F)C(C)(C)N1. The predicted octanol–water partition coefficient (Wildman–Crippen LogP) is 3.41. The largest absolute Gasteiger partial charge is 0.507 e.